The quantitative estimate of drug-likeness (QED) is 0.410. The van der Waals surface area contributed by atoms with E-state index in [-0.39, 0.29) is 6.10 Å². The average Bonchev–Trinajstić information content (AvgIpc) is 2.18. The van der Waals surface area contributed by atoms with Gasteiger partial charge in [0.2, 0.25) is 0 Å². The van der Waals surface area contributed by atoms with Gasteiger partial charge in [-0.1, -0.05) is 12.2 Å². The number of allylic oxidation sites excluding steroid dienone is 3. The van der Waals surface area contributed by atoms with Gasteiger partial charge >= 0.3 is 0 Å². The van der Waals surface area contributed by atoms with Crippen molar-refractivity contribution >= 4 is 0 Å². The first kappa shape index (κ1) is 10.2. The zero-order chi connectivity index (χ0) is 9.68. The van der Waals surface area contributed by atoms with E-state index in [9.17, 15) is 0 Å². The van der Waals surface area contributed by atoms with Crippen LogP contribution in [0.4, 0.5) is 0 Å². The monoisotopic (exact) mass is 182 g/mol. The van der Waals surface area contributed by atoms with Crippen molar-refractivity contribution in [2.24, 2.45) is 0 Å². The maximum atomic E-state index is 8.53. The molecule has 0 aromatic heterocycles. The van der Waals surface area contributed by atoms with Crippen LogP contribution in [0.15, 0.2) is 36.5 Å². The molecule has 3 nitrogen and oxygen atoms in total. The molecule has 0 aromatic rings. The smallest absolute Gasteiger partial charge is 0.141 e. The normalized spacial score (nSPS) is 27.1. The Balaban J connectivity index is 2.67. The first-order valence-corrected chi connectivity index (χ1v) is 4.14. The van der Waals surface area contributed by atoms with Crippen molar-refractivity contribution in [1.82, 2.24) is 0 Å². The van der Waals surface area contributed by atoms with Crippen molar-refractivity contribution in [2.75, 3.05) is 7.11 Å². The molecule has 2 atom stereocenters. The Morgan fingerprint density at radius 2 is 2.38 bits per heavy atom. The minimum absolute atomic E-state index is 0.218. The van der Waals surface area contributed by atoms with Gasteiger partial charge in [-0.25, -0.2) is 4.89 Å². The summed E-state index contributed by atoms with van der Waals surface area (Å²) in [7, 11) is 1.58. The predicted octanol–water partition coefficient (Wildman–Crippen LogP) is 1.93. The highest BCUT2D eigenvalue weighted by atomic mass is 17.1. The molecule has 0 heterocycles. The van der Waals surface area contributed by atoms with Crippen molar-refractivity contribution in [3.05, 3.63) is 36.5 Å². The van der Waals surface area contributed by atoms with Crippen LogP contribution in [0.25, 0.3) is 0 Å². The summed E-state index contributed by atoms with van der Waals surface area (Å²) in [5.41, 5.74) is 1.12. The van der Waals surface area contributed by atoms with Crippen molar-refractivity contribution in [1.29, 1.82) is 0 Å². The lowest BCUT2D eigenvalue weighted by atomic mass is 10.0. The number of hydrogen-bond acceptors (Lipinski definition) is 3. The molecule has 13 heavy (non-hydrogen) atoms. The van der Waals surface area contributed by atoms with Gasteiger partial charge in [-0.05, 0) is 24.1 Å². The van der Waals surface area contributed by atoms with E-state index >= 15 is 0 Å². The third-order valence-electron chi connectivity index (χ3n) is 1.98. The molecule has 2 unspecified atom stereocenters. The Bertz CT molecular complexity index is 230. The number of ether oxygens (including phenoxy) is 1. The molecular weight excluding hydrogens is 168 g/mol. The lowest BCUT2D eigenvalue weighted by Gasteiger charge is -2.21. The SMILES string of the molecule is C=CCC1=CC(OC)C(OO)C=C1. The third-order valence-corrected chi connectivity index (χ3v) is 1.98. The number of rotatable bonds is 4. The lowest BCUT2D eigenvalue weighted by Crippen LogP contribution is -2.28. The fraction of sp³-hybridized carbons (Fsp3) is 0.400. The van der Waals surface area contributed by atoms with Crippen LogP contribution in [0.3, 0.4) is 0 Å². The van der Waals surface area contributed by atoms with Crippen molar-refractivity contribution in [3.8, 4) is 0 Å². The van der Waals surface area contributed by atoms with Gasteiger partial charge in [-0.3, -0.25) is 5.26 Å². The molecule has 0 radical (unpaired) electrons. The summed E-state index contributed by atoms with van der Waals surface area (Å²) in [6.07, 6.45) is 7.59. The minimum Gasteiger partial charge on any atom is -0.374 e. The van der Waals surface area contributed by atoms with Crippen LogP contribution in [-0.2, 0) is 9.62 Å². The molecule has 0 fully saturated rings. The molecular formula is C10H14O3. The van der Waals surface area contributed by atoms with E-state index in [2.05, 4.69) is 11.5 Å². The second-order valence-electron chi connectivity index (χ2n) is 2.86. The first-order valence-electron chi connectivity index (χ1n) is 4.14. The zero-order valence-corrected chi connectivity index (χ0v) is 7.64. The summed E-state index contributed by atoms with van der Waals surface area (Å²) in [5, 5.41) is 8.53. The van der Waals surface area contributed by atoms with Crippen LogP contribution in [0, 0.1) is 0 Å². The summed E-state index contributed by atoms with van der Waals surface area (Å²) < 4.78 is 5.12. The van der Waals surface area contributed by atoms with E-state index in [0.717, 1.165) is 12.0 Å². The van der Waals surface area contributed by atoms with E-state index in [0.29, 0.717) is 0 Å². The van der Waals surface area contributed by atoms with Crippen molar-refractivity contribution < 1.29 is 14.9 Å². The highest BCUT2D eigenvalue weighted by Gasteiger charge is 2.20. The molecule has 1 N–H and O–H groups in total. The van der Waals surface area contributed by atoms with Crippen molar-refractivity contribution in [2.45, 2.75) is 18.6 Å². The van der Waals surface area contributed by atoms with Crippen LogP contribution >= 0.6 is 0 Å². The fourth-order valence-electron chi connectivity index (χ4n) is 1.29. The van der Waals surface area contributed by atoms with Gasteiger partial charge in [0.25, 0.3) is 0 Å². The topological polar surface area (TPSA) is 38.7 Å². The van der Waals surface area contributed by atoms with Gasteiger partial charge in [0.05, 0.1) is 0 Å². The molecule has 1 aliphatic carbocycles. The molecule has 72 valence electrons. The largest absolute Gasteiger partial charge is 0.374 e. The number of hydrogen-bond donors (Lipinski definition) is 1. The fourth-order valence-corrected chi connectivity index (χ4v) is 1.29. The third kappa shape index (κ3) is 2.52. The molecule has 0 bridgehead atoms. The Kier molecular flexibility index (Phi) is 3.89. The Morgan fingerprint density at radius 3 is 2.92 bits per heavy atom. The summed E-state index contributed by atoms with van der Waals surface area (Å²) in [5.74, 6) is 0. The standard InChI is InChI=1S/C10H14O3/c1-3-4-8-5-6-9(13-11)10(7-8)12-2/h3,5-7,9-11H,1,4H2,2H3. The summed E-state index contributed by atoms with van der Waals surface area (Å²) >= 11 is 0. The second kappa shape index (κ2) is 4.97. The van der Waals surface area contributed by atoms with Gasteiger partial charge in [0, 0.05) is 7.11 Å². The van der Waals surface area contributed by atoms with Gasteiger partial charge in [-0.15, -0.1) is 6.58 Å². The molecule has 0 saturated heterocycles. The summed E-state index contributed by atoms with van der Waals surface area (Å²) in [6.45, 7) is 3.65. The molecule has 0 aromatic carbocycles. The van der Waals surface area contributed by atoms with Crippen molar-refractivity contribution in [3.63, 3.8) is 0 Å². The van der Waals surface area contributed by atoms with Crippen LogP contribution in [0.2, 0.25) is 0 Å². The van der Waals surface area contributed by atoms with Gasteiger partial charge in [-0.2, -0.15) is 0 Å². The predicted molar refractivity (Wildman–Crippen MR) is 50.3 cm³/mol. The molecule has 0 amide bonds. The lowest BCUT2D eigenvalue weighted by molar-refractivity contribution is -0.280. The molecule has 1 aliphatic rings. The molecule has 0 aliphatic heterocycles. The van der Waals surface area contributed by atoms with E-state index in [4.69, 9.17) is 9.99 Å². The van der Waals surface area contributed by atoms with Gasteiger partial charge < -0.3 is 4.74 Å². The Hall–Kier alpha value is -0.900. The molecule has 3 heteroatoms. The summed E-state index contributed by atoms with van der Waals surface area (Å²) in [6, 6.07) is 0. The van der Waals surface area contributed by atoms with Gasteiger partial charge in [0.1, 0.15) is 12.2 Å². The molecule has 0 saturated carbocycles. The molecule has 0 spiro atoms. The van der Waals surface area contributed by atoms with Crippen LogP contribution < -0.4 is 0 Å². The highest BCUT2D eigenvalue weighted by molar-refractivity contribution is 5.29. The van der Waals surface area contributed by atoms with E-state index in [1.807, 2.05) is 18.2 Å². The van der Waals surface area contributed by atoms with Crippen LogP contribution in [0.5, 0.6) is 0 Å². The number of methoxy groups -OCH3 is 1. The highest BCUT2D eigenvalue weighted by Crippen LogP contribution is 2.18. The Labute approximate surface area is 77.9 Å². The van der Waals surface area contributed by atoms with E-state index < -0.39 is 6.10 Å². The van der Waals surface area contributed by atoms with E-state index in [1.54, 1.807) is 13.2 Å². The van der Waals surface area contributed by atoms with Crippen LogP contribution in [0.1, 0.15) is 6.42 Å². The summed E-state index contributed by atoms with van der Waals surface area (Å²) in [4.78, 5) is 4.24. The zero-order valence-electron chi connectivity index (χ0n) is 7.64. The van der Waals surface area contributed by atoms with E-state index in [1.165, 1.54) is 0 Å². The second-order valence-corrected chi connectivity index (χ2v) is 2.86. The molecule has 1 rings (SSSR count). The Morgan fingerprint density at radius 1 is 1.62 bits per heavy atom. The minimum atomic E-state index is -0.404. The maximum Gasteiger partial charge on any atom is 0.141 e. The first-order chi connectivity index (χ1) is 6.31. The maximum absolute atomic E-state index is 8.53. The van der Waals surface area contributed by atoms with Crippen LogP contribution in [-0.4, -0.2) is 24.6 Å². The average molecular weight is 182 g/mol. The van der Waals surface area contributed by atoms with Gasteiger partial charge in [0.15, 0.2) is 0 Å².